The summed E-state index contributed by atoms with van der Waals surface area (Å²) >= 11 is 3.43. The topological polar surface area (TPSA) is 20.3 Å². The second kappa shape index (κ2) is 6.71. The van der Waals surface area contributed by atoms with Crippen LogP contribution < -0.4 is 4.90 Å². The van der Waals surface area contributed by atoms with Crippen LogP contribution in [-0.4, -0.2) is 12.3 Å². The summed E-state index contributed by atoms with van der Waals surface area (Å²) in [5.74, 6) is 0.0906. The van der Waals surface area contributed by atoms with Crippen molar-refractivity contribution in [2.75, 3.05) is 11.4 Å². The smallest absolute Gasteiger partial charge is 0.161 e. The van der Waals surface area contributed by atoms with Crippen molar-refractivity contribution in [3.63, 3.8) is 0 Å². The van der Waals surface area contributed by atoms with Crippen molar-refractivity contribution in [2.24, 2.45) is 0 Å². The van der Waals surface area contributed by atoms with Crippen LogP contribution >= 0.6 is 15.9 Å². The van der Waals surface area contributed by atoms with Crippen LogP contribution in [0, 0.1) is 0 Å². The summed E-state index contributed by atoms with van der Waals surface area (Å²) in [4.78, 5) is 14.1. The van der Waals surface area contributed by atoms with Gasteiger partial charge in [0, 0.05) is 28.8 Å². The molecule has 3 heteroatoms. The molecule has 0 saturated carbocycles. The van der Waals surface area contributed by atoms with Crippen LogP contribution in [0.1, 0.15) is 29.8 Å². The maximum absolute atomic E-state index is 11.8. The van der Waals surface area contributed by atoms with Gasteiger partial charge >= 0.3 is 0 Å². The summed E-state index contributed by atoms with van der Waals surface area (Å²) in [6.45, 7) is 5.38. The molecule has 0 aliphatic carbocycles. The number of anilines is 1. The first kappa shape index (κ1) is 14.8. The highest BCUT2D eigenvalue weighted by Gasteiger charge is 2.13. The molecule has 2 rings (SSSR count). The van der Waals surface area contributed by atoms with Gasteiger partial charge in [0.25, 0.3) is 0 Å². The maximum atomic E-state index is 11.8. The van der Waals surface area contributed by atoms with E-state index in [9.17, 15) is 4.79 Å². The summed E-state index contributed by atoms with van der Waals surface area (Å²) in [6, 6.07) is 16.2. The fourth-order valence-corrected chi connectivity index (χ4v) is 2.60. The zero-order chi connectivity index (χ0) is 14.5. The fourth-order valence-electron chi connectivity index (χ4n) is 2.24. The Hall–Kier alpha value is -1.61. The highest BCUT2D eigenvalue weighted by Crippen LogP contribution is 2.26. The van der Waals surface area contributed by atoms with E-state index in [0.717, 1.165) is 28.8 Å². The van der Waals surface area contributed by atoms with Crippen LogP contribution in [0.2, 0.25) is 0 Å². The van der Waals surface area contributed by atoms with Crippen molar-refractivity contribution in [2.45, 2.75) is 20.4 Å². The second-order valence-electron chi connectivity index (χ2n) is 4.72. The van der Waals surface area contributed by atoms with Crippen molar-refractivity contribution >= 4 is 27.4 Å². The quantitative estimate of drug-likeness (QED) is 0.741. The van der Waals surface area contributed by atoms with Gasteiger partial charge in [-0.2, -0.15) is 0 Å². The number of rotatable bonds is 5. The maximum Gasteiger partial charge on any atom is 0.161 e. The zero-order valence-corrected chi connectivity index (χ0v) is 13.4. The summed E-state index contributed by atoms with van der Waals surface area (Å²) < 4.78 is 0.933. The SMILES string of the molecule is CCN(Cc1ccccc1)c1ccc(Br)cc1C(C)=O. The summed E-state index contributed by atoms with van der Waals surface area (Å²) in [5.41, 5.74) is 3.00. The summed E-state index contributed by atoms with van der Waals surface area (Å²) in [6.07, 6.45) is 0. The first-order chi connectivity index (χ1) is 9.61. The van der Waals surface area contributed by atoms with Gasteiger partial charge < -0.3 is 4.90 Å². The van der Waals surface area contributed by atoms with Gasteiger partial charge in [0.2, 0.25) is 0 Å². The van der Waals surface area contributed by atoms with Crippen LogP contribution in [0.15, 0.2) is 53.0 Å². The Morgan fingerprint density at radius 3 is 2.45 bits per heavy atom. The van der Waals surface area contributed by atoms with Crippen molar-refractivity contribution in [1.29, 1.82) is 0 Å². The van der Waals surface area contributed by atoms with E-state index >= 15 is 0 Å². The van der Waals surface area contributed by atoms with E-state index in [-0.39, 0.29) is 5.78 Å². The van der Waals surface area contributed by atoms with Crippen LogP contribution in [-0.2, 0) is 6.54 Å². The number of halogens is 1. The molecule has 0 aliphatic rings. The molecule has 0 heterocycles. The van der Waals surface area contributed by atoms with Crippen LogP contribution in [0.5, 0.6) is 0 Å². The van der Waals surface area contributed by atoms with Gasteiger partial charge in [0.05, 0.1) is 0 Å². The second-order valence-corrected chi connectivity index (χ2v) is 5.63. The number of Topliss-reactive ketones (excluding diaryl/α,β-unsaturated/α-hetero) is 1. The molecule has 0 saturated heterocycles. The van der Waals surface area contributed by atoms with Crippen LogP contribution in [0.3, 0.4) is 0 Å². The minimum Gasteiger partial charge on any atom is -0.367 e. The number of benzene rings is 2. The minimum absolute atomic E-state index is 0.0906. The lowest BCUT2D eigenvalue weighted by atomic mass is 10.1. The van der Waals surface area contributed by atoms with E-state index in [1.54, 1.807) is 6.92 Å². The van der Waals surface area contributed by atoms with Crippen LogP contribution in [0.25, 0.3) is 0 Å². The Labute approximate surface area is 128 Å². The molecular weight excluding hydrogens is 314 g/mol. The van der Waals surface area contributed by atoms with Crippen molar-refractivity contribution < 1.29 is 4.79 Å². The number of carbonyl (C=O) groups excluding carboxylic acids is 1. The van der Waals surface area contributed by atoms with Gasteiger partial charge in [-0.25, -0.2) is 0 Å². The predicted octanol–water partition coefficient (Wildman–Crippen LogP) is 4.68. The lowest BCUT2D eigenvalue weighted by Crippen LogP contribution is -2.23. The van der Waals surface area contributed by atoms with Gasteiger partial charge in [-0.05, 0) is 37.6 Å². The monoisotopic (exact) mass is 331 g/mol. The van der Waals surface area contributed by atoms with Crippen LogP contribution in [0.4, 0.5) is 5.69 Å². The normalized spacial score (nSPS) is 10.3. The highest BCUT2D eigenvalue weighted by atomic mass is 79.9. The van der Waals surface area contributed by atoms with Crippen molar-refractivity contribution in [1.82, 2.24) is 0 Å². The van der Waals surface area contributed by atoms with Gasteiger partial charge in [-0.1, -0.05) is 46.3 Å². The number of hydrogen-bond acceptors (Lipinski definition) is 2. The van der Waals surface area contributed by atoms with E-state index in [1.807, 2.05) is 36.4 Å². The lowest BCUT2D eigenvalue weighted by Gasteiger charge is -2.25. The highest BCUT2D eigenvalue weighted by molar-refractivity contribution is 9.10. The summed E-state index contributed by atoms with van der Waals surface area (Å²) in [7, 11) is 0. The molecule has 0 radical (unpaired) electrons. The van der Waals surface area contributed by atoms with Gasteiger partial charge in [-0.3, -0.25) is 4.79 Å². The Balaban J connectivity index is 2.34. The first-order valence-corrected chi connectivity index (χ1v) is 7.50. The van der Waals surface area contributed by atoms with Gasteiger partial charge in [0.1, 0.15) is 0 Å². The molecule has 2 nitrogen and oxygen atoms in total. The number of hydrogen-bond donors (Lipinski definition) is 0. The van der Waals surface area contributed by atoms with E-state index in [2.05, 4.69) is 39.9 Å². The van der Waals surface area contributed by atoms with Crippen molar-refractivity contribution in [3.05, 3.63) is 64.1 Å². The minimum atomic E-state index is 0.0906. The molecule has 2 aromatic carbocycles. The molecule has 0 N–H and O–H groups in total. The zero-order valence-electron chi connectivity index (χ0n) is 11.8. The molecule has 104 valence electrons. The average molecular weight is 332 g/mol. The molecule has 2 aromatic rings. The third kappa shape index (κ3) is 3.48. The third-order valence-corrected chi connectivity index (χ3v) is 3.77. The molecular formula is C17H18BrNO. The molecule has 20 heavy (non-hydrogen) atoms. The Kier molecular flexibility index (Phi) is 4.96. The lowest BCUT2D eigenvalue weighted by molar-refractivity contribution is 0.101. The molecule has 0 unspecified atom stereocenters. The average Bonchev–Trinajstić information content (AvgIpc) is 2.46. The van der Waals surface area contributed by atoms with Crippen molar-refractivity contribution in [3.8, 4) is 0 Å². The number of nitrogens with zero attached hydrogens (tertiary/aromatic N) is 1. The molecule has 0 aliphatic heterocycles. The first-order valence-electron chi connectivity index (χ1n) is 6.71. The molecule has 0 bridgehead atoms. The Morgan fingerprint density at radius 2 is 1.85 bits per heavy atom. The third-order valence-electron chi connectivity index (χ3n) is 3.28. The largest absolute Gasteiger partial charge is 0.367 e. The van der Waals surface area contributed by atoms with E-state index < -0.39 is 0 Å². The number of carbonyl (C=O) groups is 1. The molecule has 0 aromatic heterocycles. The van der Waals surface area contributed by atoms with E-state index in [4.69, 9.17) is 0 Å². The summed E-state index contributed by atoms with van der Waals surface area (Å²) in [5, 5.41) is 0. The standard InChI is InChI=1S/C17H18BrNO/c1-3-19(12-14-7-5-4-6-8-14)17-10-9-15(18)11-16(17)13(2)20/h4-11H,3,12H2,1-2H3. The van der Waals surface area contributed by atoms with Gasteiger partial charge in [0.15, 0.2) is 5.78 Å². The van der Waals surface area contributed by atoms with E-state index in [1.165, 1.54) is 5.56 Å². The Morgan fingerprint density at radius 1 is 1.15 bits per heavy atom. The molecule has 0 atom stereocenters. The molecule has 0 amide bonds. The molecule has 0 fully saturated rings. The molecule has 0 spiro atoms. The Bertz CT molecular complexity index is 595. The van der Waals surface area contributed by atoms with E-state index in [0.29, 0.717) is 0 Å². The predicted molar refractivity (Wildman–Crippen MR) is 87.3 cm³/mol. The number of ketones is 1. The fraction of sp³-hybridized carbons (Fsp3) is 0.235. The van der Waals surface area contributed by atoms with Gasteiger partial charge in [-0.15, -0.1) is 0 Å².